The van der Waals surface area contributed by atoms with Gasteiger partial charge in [-0.05, 0) is 44.5 Å². The number of hydrogen-bond acceptors (Lipinski definition) is 5. The highest BCUT2D eigenvalue weighted by molar-refractivity contribution is 7.17. The fourth-order valence-electron chi connectivity index (χ4n) is 2.44. The van der Waals surface area contributed by atoms with Crippen molar-refractivity contribution in [1.82, 2.24) is 4.98 Å². The van der Waals surface area contributed by atoms with Gasteiger partial charge in [0.25, 0.3) is 5.91 Å². The monoisotopic (exact) mass is 394 g/mol. The van der Waals surface area contributed by atoms with Crippen molar-refractivity contribution in [3.05, 3.63) is 45.4 Å². The highest BCUT2D eigenvalue weighted by Crippen LogP contribution is 2.28. The third kappa shape index (κ3) is 5.05. The number of hydrogen-bond donors (Lipinski definition) is 0. The fourth-order valence-corrected chi connectivity index (χ4v) is 3.55. The molecule has 2 rings (SSSR count). The molecular formula is C19H23ClN2O3S. The summed E-state index contributed by atoms with van der Waals surface area (Å²) in [5.74, 6) is -0.553. The molecule has 0 fully saturated rings. The van der Waals surface area contributed by atoms with Crippen LogP contribution in [-0.4, -0.2) is 30.0 Å². The number of halogens is 1. The Morgan fingerprint density at radius 1 is 1.19 bits per heavy atom. The molecule has 0 bridgehead atoms. The van der Waals surface area contributed by atoms with Gasteiger partial charge in [0.2, 0.25) is 0 Å². The summed E-state index contributed by atoms with van der Waals surface area (Å²) in [6.45, 7) is 6.47. The normalized spacial score (nSPS) is 10.6. The van der Waals surface area contributed by atoms with Crippen molar-refractivity contribution in [3.63, 3.8) is 0 Å². The molecule has 0 spiro atoms. The van der Waals surface area contributed by atoms with Crippen LogP contribution in [0.4, 0.5) is 5.13 Å². The SMILES string of the molecule is CCCCCN(C(=O)c1ccc(Cl)cc1)c1nc(C)c(C(=O)OCC)s1. The van der Waals surface area contributed by atoms with E-state index in [2.05, 4.69) is 11.9 Å². The van der Waals surface area contributed by atoms with Crippen LogP contribution >= 0.6 is 22.9 Å². The van der Waals surface area contributed by atoms with Gasteiger partial charge >= 0.3 is 5.97 Å². The summed E-state index contributed by atoms with van der Waals surface area (Å²) in [4.78, 5) is 31.6. The Balaban J connectivity index is 2.32. The number of aromatic nitrogens is 1. The lowest BCUT2D eigenvalue weighted by Crippen LogP contribution is -2.31. The van der Waals surface area contributed by atoms with Crippen molar-refractivity contribution >= 4 is 39.9 Å². The number of nitrogens with zero attached hydrogens (tertiary/aromatic N) is 2. The molecule has 0 saturated heterocycles. The standard InChI is InChI=1S/C19H23ClN2O3S/c1-4-6-7-12-22(17(23)14-8-10-15(20)11-9-14)19-21-13(3)16(26-19)18(24)25-5-2/h8-11H,4-7,12H2,1-3H3. The van der Waals surface area contributed by atoms with Crippen molar-refractivity contribution in [2.45, 2.75) is 40.0 Å². The third-order valence-electron chi connectivity index (χ3n) is 3.80. The Bertz CT molecular complexity index is 759. The van der Waals surface area contributed by atoms with Gasteiger partial charge in [0.1, 0.15) is 4.88 Å². The maximum absolute atomic E-state index is 13.0. The molecule has 26 heavy (non-hydrogen) atoms. The molecule has 0 saturated carbocycles. The van der Waals surface area contributed by atoms with Crippen molar-refractivity contribution in [2.75, 3.05) is 18.1 Å². The predicted octanol–water partition coefficient (Wildman–Crippen LogP) is 5.12. The van der Waals surface area contributed by atoms with Crippen LogP contribution in [0.5, 0.6) is 0 Å². The number of thiazole rings is 1. The molecule has 0 atom stereocenters. The van der Waals surface area contributed by atoms with Crippen molar-refractivity contribution < 1.29 is 14.3 Å². The minimum absolute atomic E-state index is 0.151. The Hall–Kier alpha value is -1.92. The smallest absolute Gasteiger partial charge is 0.350 e. The number of ether oxygens (including phenoxy) is 1. The van der Waals surface area contributed by atoms with Crippen LogP contribution in [-0.2, 0) is 4.74 Å². The first kappa shape index (κ1) is 20.4. The van der Waals surface area contributed by atoms with E-state index in [1.165, 1.54) is 11.3 Å². The second kappa shape index (κ2) is 9.69. The topological polar surface area (TPSA) is 59.5 Å². The summed E-state index contributed by atoms with van der Waals surface area (Å²) in [5, 5.41) is 1.09. The van der Waals surface area contributed by atoms with Gasteiger partial charge in [-0.2, -0.15) is 0 Å². The highest BCUT2D eigenvalue weighted by Gasteiger charge is 2.24. The van der Waals surface area contributed by atoms with E-state index in [9.17, 15) is 9.59 Å². The summed E-state index contributed by atoms with van der Waals surface area (Å²) < 4.78 is 5.07. The number of anilines is 1. The lowest BCUT2D eigenvalue weighted by Gasteiger charge is -2.20. The number of esters is 1. The minimum Gasteiger partial charge on any atom is -0.462 e. The second-order valence-electron chi connectivity index (χ2n) is 5.80. The van der Waals surface area contributed by atoms with Gasteiger partial charge in [0.15, 0.2) is 5.13 Å². The molecule has 0 aliphatic rings. The van der Waals surface area contributed by atoms with Crippen molar-refractivity contribution in [1.29, 1.82) is 0 Å². The molecule has 0 radical (unpaired) electrons. The van der Waals surface area contributed by atoms with Crippen LogP contribution in [0.2, 0.25) is 5.02 Å². The first-order valence-corrected chi connectivity index (χ1v) is 9.89. The summed E-state index contributed by atoms with van der Waals surface area (Å²) in [6.07, 6.45) is 2.93. The van der Waals surface area contributed by atoms with Gasteiger partial charge in [-0.15, -0.1) is 0 Å². The van der Waals surface area contributed by atoms with Gasteiger partial charge < -0.3 is 4.74 Å². The second-order valence-corrected chi connectivity index (χ2v) is 7.22. The van der Waals surface area contributed by atoms with Gasteiger partial charge in [-0.3, -0.25) is 9.69 Å². The van der Waals surface area contributed by atoms with Gasteiger partial charge in [0, 0.05) is 17.1 Å². The maximum Gasteiger partial charge on any atom is 0.350 e. The van der Waals surface area contributed by atoms with E-state index >= 15 is 0 Å². The molecule has 0 aliphatic heterocycles. The minimum atomic E-state index is -0.402. The Kier molecular flexibility index (Phi) is 7.60. The van der Waals surface area contributed by atoms with E-state index in [1.807, 2.05) is 0 Å². The Morgan fingerprint density at radius 3 is 2.50 bits per heavy atom. The number of carbonyl (C=O) groups is 2. The number of amides is 1. The van der Waals surface area contributed by atoms with Crippen LogP contribution in [0, 0.1) is 6.92 Å². The molecule has 1 heterocycles. The maximum atomic E-state index is 13.0. The number of unbranched alkanes of at least 4 members (excludes halogenated alkanes) is 2. The summed E-state index contributed by atoms with van der Waals surface area (Å²) in [6, 6.07) is 6.78. The Morgan fingerprint density at radius 2 is 1.88 bits per heavy atom. The lowest BCUT2D eigenvalue weighted by molar-refractivity contribution is 0.0531. The van der Waals surface area contributed by atoms with Crippen LogP contribution in [0.3, 0.4) is 0 Å². The molecule has 140 valence electrons. The first-order valence-electron chi connectivity index (χ1n) is 8.69. The molecule has 7 heteroatoms. The lowest BCUT2D eigenvalue weighted by atomic mass is 10.2. The molecule has 1 aromatic heterocycles. The number of carbonyl (C=O) groups excluding carboxylic acids is 2. The van der Waals surface area contributed by atoms with E-state index in [1.54, 1.807) is 43.0 Å². The van der Waals surface area contributed by atoms with Crippen LogP contribution in [0.25, 0.3) is 0 Å². The average molecular weight is 395 g/mol. The quantitative estimate of drug-likeness (QED) is 0.460. The van der Waals surface area contributed by atoms with E-state index < -0.39 is 5.97 Å². The Labute approximate surface area is 162 Å². The molecule has 1 aromatic carbocycles. The molecular weight excluding hydrogens is 372 g/mol. The van der Waals surface area contributed by atoms with E-state index in [0.29, 0.717) is 39.4 Å². The fraction of sp³-hybridized carbons (Fsp3) is 0.421. The van der Waals surface area contributed by atoms with E-state index in [-0.39, 0.29) is 5.91 Å². The predicted molar refractivity (Wildman–Crippen MR) is 105 cm³/mol. The van der Waals surface area contributed by atoms with Crippen LogP contribution < -0.4 is 4.90 Å². The van der Waals surface area contributed by atoms with Crippen LogP contribution in [0.1, 0.15) is 58.8 Å². The average Bonchev–Trinajstić information content (AvgIpc) is 3.00. The molecule has 2 aromatic rings. The number of rotatable bonds is 8. The van der Waals surface area contributed by atoms with Crippen LogP contribution in [0.15, 0.2) is 24.3 Å². The molecule has 1 amide bonds. The largest absolute Gasteiger partial charge is 0.462 e. The number of benzene rings is 1. The summed E-state index contributed by atoms with van der Waals surface area (Å²) >= 11 is 7.11. The first-order chi connectivity index (χ1) is 12.5. The van der Waals surface area contributed by atoms with Crippen molar-refractivity contribution in [2.24, 2.45) is 0 Å². The highest BCUT2D eigenvalue weighted by atomic mass is 35.5. The van der Waals surface area contributed by atoms with E-state index in [4.69, 9.17) is 16.3 Å². The molecule has 0 unspecified atom stereocenters. The van der Waals surface area contributed by atoms with E-state index in [0.717, 1.165) is 19.3 Å². The van der Waals surface area contributed by atoms with Gasteiger partial charge in [-0.1, -0.05) is 42.7 Å². The molecule has 5 nitrogen and oxygen atoms in total. The van der Waals surface area contributed by atoms with Crippen molar-refractivity contribution in [3.8, 4) is 0 Å². The zero-order chi connectivity index (χ0) is 19.1. The van der Waals surface area contributed by atoms with Gasteiger partial charge in [0.05, 0.1) is 12.3 Å². The summed E-state index contributed by atoms with van der Waals surface area (Å²) in [7, 11) is 0. The zero-order valence-electron chi connectivity index (χ0n) is 15.3. The molecule has 0 N–H and O–H groups in total. The third-order valence-corrected chi connectivity index (χ3v) is 5.21. The van der Waals surface area contributed by atoms with Gasteiger partial charge in [-0.25, -0.2) is 9.78 Å². The zero-order valence-corrected chi connectivity index (χ0v) is 16.8. The number of aryl methyl sites for hydroxylation is 1. The summed E-state index contributed by atoms with van der Waals surface area (Å²) in [5.41, 5.74) is 1.12. The molecule has 0 aliphatic carbocycles.